The molecule has 0 aliphatic carbocycles. The summed E-state index contributed by atoms with van der Waals surface area (Å²) in [5.41, 5.74) is 2.52. The molecule has 2 N–H and O–H groups in total. The highest BCUT2D eigenvalue weighted by molar-refractivity contribution is 5.92. The van der Waals surface area contributed by atoms with Crippen LogP contribution in [0.15, 0.2) is 36.5 Å². The molecule has 0 aliphatic rings. The third-order valence-corrected chi connectivity index (χ3v) is 3.07. The quantitative estimate of drug-likeness (QED) is 0.856. The number of benzene rings is 1. The van der Waals surface area contributed by atoms with Crippen LogP contribution in [0.5, 0.6) is 0 Å². The number of nitrogens with one attached hydrogen (secondary N) is 2. The highest BCUT2D eigenvalue weighted by Gasteiger charge is 2.08. The van der Waals surface area contributed by atoms with Gasteiger partial charge in [0.1, 0.15) is 5.69 Å². The Morgan fingerprint density at radius 1 is 1.19 bits per heavy atom. The molecule has 110 valence electrons. The van der Waals surface area contributed by atoms with Crippen molar-refractivity contribution in [2.45, 2.75) is 26.7 Å². The molecule has 0 bridgehead atoms. The minimum atomic E-state index is -0.175. The predicted octanol–water partition coefficient (Wildman–Crippen LogP) is 2.92. The zero-order chi connectivity index (χ0) is 15.1. The van der Waals surface area contributed by atoms with Gasteiger partial charge in [-0.1, -0.05) is 32.0 Å². The number of anilines is 2. The van der Waals surface area contributed by atoms with Crippen LogP contribution in [0.4, 0.5) is 11.6 Å². The fraction of sp³-hybridized carbons (Fsp3) is 0.312. The number of aryl methyl sites for hydroxylation is 1. The Labute approximate surface area is 124 Å². The second-order valence-electron chi connectivity index (χ2n) is 4.66. The van der Waals surface area contributed by atoms with Crippen LogP contribution < -0.4 is 10.6 Å². The van der Waals surface area contributed by atoms with E-state index >= 15 is 0 Å². The summed E-state index contributed by atoms with van der Waals surface area (Å²) in [5, 5.41) is 5.98. The largest absolute Gasteiger partial charge is 0.351 e. The summed E-state index contributed by atoms with van der Waals surface area (Å²) >= 11 is 0. The maximum absolute atomic E-state index is 11.9. The van der Waals surface area contributed by atoms with E-state index in [2.05, 4.69) is 33.6 Å². The maximum atomic E-state index is 11.9. The average Bonchev–Trinajstić information content (AvgIpc) is 2.53. The molecule has 0 saturated heterocycles. The van der Waals surface area contributed by atoms with Crippen molar-refractivity contribution in [2.24, 2.45) is 0 Å². The molecule has 2 aromatic rings. The van der Waals surface area contributed by atoms with Gasteiger partial charge in [-0.05, 0) is 30.5 Å². The summed E-state index contributed by atoms with van der Waals surface area (Å²) in [4.78, 5) is 20.3. The van der Waals surface area contributed by atoms with Crippen molar-refractivity contribution in [3.63, 3.8) is 0 Å². The molecule has 21 heavy (non-hydrogen) atoms. The van der Waals surface area contributed by atoms with E-state index in [-0.39, 0.29) is 5.91 Å². The van der Waals surface area contributed by atoms with Crippen LogP contribution in [0.3, 0.4) is 0 Å². The molecule has 0 unspecified atom stereocenters. The Bertz CT molecular complexity index is 613. The first-order valence-corrected chi connectivity index (χ1v) is 7.20. The van der Waals surface area contributed by atoms with E-state index < -0.39 is 0 Å². The lowest BCUT2D eigenvalue weighted by molar-refractivity contribution is 0.0948. The molecule has 1 aromatic heterocycles. The topological polar surface area (TPSA) is 66.9 Å². The summed E-state index contributed by atoms with van der Waals surface area (Å²) in [6, 6.07) is 9.60. The molecule has 5 heteroatoms. The van der Waals surface area contributed by atoms with Crippen LogP contribution >= 0.6 is 0 Å². The van der Waals surface area contributed by atoms with Gasteiger partial charge in [0, 0.05) is 18.4 Å². The second kappa shape index (κ2) is 7.38. The molecule has 1 aromatic carbocycles. The fourth-order valence-electron chi connectivity index (χ4n) is 1.95. The average molecular weight is 284 g/mol. The Morgan fingerprint density at radius 3 is 2.76 bits per heavy atom. The van der Waals surface area contributed by atoms with Crippen LogP contribution in [0.1, 0.15) is 36.3 Å². The maximum Gasteiger partial charge on any atom is 0.270 e. The van der Waals surface area contributed by atoms with Crippen LogP contribution in [0, 0.1) is 0 Å². The molecule has 0 aliphatic heterocycles. The number of aromatic nitrogens is 2. The van der Waals surface area contributed by atoms with Crippen LogP contribution in [-0.4, -0.2) is 22.4 Å². The number of nitrogens with zero attached hydrogens (tertiary/aromatic N) is 2. The molecule has 5 nitrogen and oxygen atoms in total. The SMILES string of the molecule is CCCNC(=O)c1ccnc(Nc2ccccc2CC)n1. The lowest BCUT2D eigenvalue weighted by atomic mass is 10.1. The molecule has 2 rings (SSSR count). The van der Waals surface area contributed by atoms with Gasteiger partial charge in [0.15, 0.2) is 0 Å². The van der Waals surface area contributed by atoms with E-state index in [1.54, 1.807) is 12.3 Å². The molecule has 0 radical (unpaired) electrons. The van der Waals surface area contributed by atoms with Gasteiger partial charge in [-0.2, -0.15) is 0 Å². The Hall–Kier alpha value is -2.43. The van der Waals surface area contributed by atoms with Gasteiger partial charge >= 0.3 is 0 Å². The van der Waals surface area contributed by atoms with Gasteiger partial charge in [-0.15, -0.1) is 0 Å². The number of carbonyl (C=O) groups is 1. The van der Waals surface area contributed by atoms with E-state index in [0.717, 1.165) is 18.5 Å². The van der Waals surface area contributed by atoms with Crippen molar-refractivity contribution in [3.05, 3.63) is 47.8 Å². The number of rotatable bonds is 6. The number of amides is 1. The van der Waals surface area contributed by atoms with Crippen LogP contribution in [0.25, 0.3) is 0 Å². The van der Waals surface area contributed by atoms with Crippen LogP contribution in [-0.2, 0) is 6.42 Å². The van der Waals surface area contributed by atoms with E-state index in [4.69, 9.17) is 0 Å². The molecule has 0 atom stereocenters. The van der Waals surface area contributed by atoms with Crippen molar-refractivity contribution in [1.29, 1.82) is 0 Å². The van der Waals surface area contributed by atoms with E-state index in [0.29, 0.717) is 18.2 Å². The minimum Gasteiger partial charge on any atom is -0.351 e. The van der Waals surface area contributed by atoms with Crippen molar-refractivity contribution in [1.82, 2.24) is 15.3 Å². The number of hydrogen-bond donors (Lipinski definition) is 2. The first-order valence-electron chi connectivity index (χ1n) is 7.20. The zero-order valence-electron chi connectivity index (χ0n) is 12.4. The summed E-state index contributed by atoms with van der Waals surface area (Å²) in [7, 11) is 0. The molecule has 1 heterocycles. The van der Waals surface area contributed by atoms with E-state index in [1.165, 1.54) is 5.56 Å². The monoisotopic (exact) mass is 284 g/mol. The molecule has 0 fully saturated rings. The smallest absolute Gasteiger partial charge is 0.270 e. The van der Waals surface area contributed by atoms with Gasteiger partial charge in [0.05, 0.1) is 0 Å². The lowest BCUT2D eigenvalue weighted by Crippen LogP contribution is -2.25. The highest BCUT2D eigenvalue weighted by atomic mass is 16.1. The minimum absolute atomic E-state index is 0.175. The fourth-order valence-corrected chi connectivity index (χ4v) is 1.95. The van der Waals surface area contributed by atoms with E-state index in [1.807, 2.05) is 25.1 Å². The Kier molecular flexibility index (Phi) is 5.26. The third-order valence-electron chi connectivity index (χ3n) is 3.07. The molecule has 0 saturated carbocycles. The van der Waals surface area contributed by atoms with Crippen molar-refractivity contribution in [3.8, 4) is 0 Å². The van der Waals surface area contributed by atoms with E-state index in [9.17, 15) is 4.79 Å². The Balaban J connectivity index is 2.16. The van der Waals surface area contributed by atoms with Gasteiger partial charge in [0.2, 0.25) is 5.95 Å². The standard InChI is InChI=1S/C16H20N4O/c1-3-10-17-15(21)14-9-11-18-16(20-14)19-13-8-6-5-7-12(13)4-2/h5-9,11H,3-4,10H2,1-2H3,(H,17,21)(H,18,19,20). The summed E-state index contributed by atoms with van der Waals surface area (Å²) in [6.45, 7) is 4.75. The first kappa shape index (κ1) is 15.0. The lowest BCUT2D eigenvalue weighted by Gasteiger charge is -2.10. The summed E-state index contributed by atoms with van der Waals surface area (Å²) in [5.74, 6) is 0.256. The van der Waals surface area contributed by atoms with Crippen molar-refractivity contribution < 1.29 is 4.79 Å². The van der Waals surface area contributed by atoms with Gasteiger partial charge < -0.3 is 10.6 Å². The summed E-state index contributed by atoms with van der Waals surface area (Å²) < 4.78 is 0. The number of para-hydroxylation sites is 1. The molecular formula is C16H20N4O. The highest BCUT2D eigenvalue weighted by Crippen LogP contribution is 2.18. The zero-order valence-corrected chi connectivity index (χ0v) is 12.4. The van der Waals surface area contributed by atoms with Gasteiger partial charge in [-0.25, -0.2) is 9.97 Å². The molecule has 1 amide bonds. The Morgan fingerprint density at radius 2 is 2.00 bits per heavy atom. The first-order chi connectivity index (χ1) is 10.2. The van der Waals surface area contributed by atoms with Crippen molar-refractivity contribution in [2.75, 3.05) is 11.9 Å². The number of carbonyl (C=O) groups excluding carboxylic acids is 1. The summed E-state index contributed by atoms with van der Waals surface area (Å²) in [6.07, 6.45) is 3.40. The second-order valence-corrected chi connectivity index (χ2v) is 4.66. The number of hydrogen-bond acceptors (Lipinski definition) is 4. The van der Waals surface area contributed by atoms with Gasteiger partial charge in [-0.3, -0.25) is 4.79 Å². The van der Waals surface area contributed by atoms with Crippen molar-refractivity contribution >= 4 is 17.5 Å². The normalized spacial score (nSPS) is 10.2. The molecule has 0 spiro atoms. The van der Waals surface area contributed by atoms with Crippen LogP contribution in [0.2, 0.25) is 0 Å². The molecular weight excluding hydrogens is 264 g/mol. The predicted molar refractivity (Wildman–Crippen MR) is 83.8 cm³/mol. The third kappa shape index (κ3) is 4.02. The van der Waals surface area contributed by atoms with Gasteiger partial charge in [0.25, 0.3) is 5.91 Å².